The molecule has 0 spiro atoms. The van der Waals surface area contributed by atoms with Crippen LogP contribution >= 0.6 is 46.0 Å². The Morgan fingerprint density at radius 1 is 1.69 bits per heavy atom. The molecule has 16 heavy (non-hydrogen) atoms. The van der Waals surface area contributed by atoms with Gasteiger partial charge in [0.2, 0.25) is 0 Å². The van der Waals surface area contributed by atoms with Crippen LogP contribution < -0.4 is 0 Å². The molecule has 1 atom stereocenters. The van der Waals surface area contributed by atoms with E-state index in [0.717, 1.165) is 0 Å². The van der Waals surface area contributed by atoms with E-state index in [1.54, 1.807) is 22.6 Å². The summed E-state index contributed by atoms with van der Waals surface area (Å²) in [5, 5.41) is 10.8. The molecule has 0 amide bonds. The Balaban J connectivity index is 3.14. The van der Waals surface area contributed by atoms with Crippen LogP contribution in [0, 0.1) is 19.5 Å². The van der Waals surface area contributed by atoms with Crippen molar-refractivity contribution >= 4 is 51.6 Å². The largest absolute Gasteiger partial charge is 0.284 e. The summed E-state index contributed by atoms with van der Waals surface area (Å²) in [5.74, 6) is -0.0921. The van der Waals surface area contributed by atoms with Crippen molar-refractivity contribution in [1.82, 2.24) is 0 Å². The zero-order valence-corrected chi connectivity index (χ0v) is 12.0. The first-order valence-electron chi connectivity index (χ1n) is 4.31. The lowest BCUT2D eigenvalue weighted by atomic mass is 10.3. The molecule has 0 fully saturated rings. The molecular weight excluding hydrogens is 368 g/mol. The zero-order chi connectivity index (χ0) is 12.3. The molecule has 1 aromatic carbocycles. The second-order valence-corrected chi connectivity index (χ2v) is 6.02. The van der Waals surface area contributed by atoms with Crippen LogP contribution in [0.25, 0.3) is 0 Å². The Morgan fingerprint density at radius 3 is 2.81 bits per heavy atom. The molecule has 88 valence electrons. The van der Waals surface area contributed by atoms with Gasteiger partial charge in [0.05, 0.1) is 13.4 Å². The molecule has 0 aliphatic heterocycles. The lowest BCUT2D eigenvalue weighted by Gasteiger charge is -2.08. The molecule has 0 aliphatic rings. The van der Waals surface area contributed by atoms with Crippen LogP contribution in [0.3, 0.4) is 0 Å². The van der Waals surface area contributed by atoms with E-state index in [-0.39, 0.29) is 14.5 Å². The smallest absolute Gasteiger partial charge is 0.258 e. The van der Waals surface area contributed by atoms with Crippen LogP contribution in [0.1, 0.15) is 6.92 Å². The molecule has 0 N–H and O–H groups in total. The second kappa shape index (κ2) is 6.02. The fourth-order valence-electron chi connectivity index (χ4n) is 1.00. The van der Waals surface area contributed by atoms with Crippen LogP contribution in [-0.4, -0.2) is 16.1 Å². The van der Waals surface area contributed by atoms with Gasteiger partial charge in [-0.3, -0.25) is 10.1 Å². The Kier molecular flexibility index (Phi) is 5.26. The van der Waals surface area contributed by atoms with Gasteiger partial charge in [-0.25, -0.2) is 4.39 Å². The van der Waals surface area contributed by atoms with Gasteiger partial charge in [-0.2, -0.15) is 0 Å². The average molecular weight is 376 g/mol. The van der Waals surface area contributed by atoms with Gasteiger partial charge in [0, 0.05) is 17.2 Å². The maximum atomic E-state index is 13.3. The number of hydrogen-bond acceptors (Lipinski definition) is 3. The SMILES string of the molecule is CC(CCl)Sc1cc(F)c(I)cc1[N+](=O)[O-]. The second-order valence-electron chi connectivity index (χ2n) is 3.07. The molecule has 0 saturated carbocycles. The summed E-state index contributed by atoms with van der Waals surface area (Å²) in [7, 11) is 0. The third-order valence-electron chi connectivity index (χ3n) is 1.74. The van der Waals surface area contributed by atoms with E-state index < -0.39 is 10.7 Å². The number of alkyl halides is 1. The van der Waals surface area contributed by atoms with Crippen molar-refractivity contribution < 1.29 is 9.31 Å². The number of rotatable bonds is 4. The summed E-state index contributed by atoms with van der Waals surface area (Å²) < 4.78 is 13.5. The first-order chi connectivity index (χ1) is 7.45. The average Bonchev–Trinajstić information content (AvgIpc) is 2.22. The molecule has 0 bridgehead atoms. The Hall–Kier alpha value is -0.0800. The van der Waals surface area contributed by atoms with Crippen molar-refractivity contribution in [1.29, 1.82) is 0 Å². The molecule has 1 unspecified atom stereocenters. The normalized spacial score (nSPS) is 12.5. The topological polar surface area (TPSA) is 43.1 Å². The Labute approximate surface area is 115 Å². The summed E-state index contributed by atoms with van der Waals surface area (Å²) >= 11 is 8.55. The van der Waals surface area contributed by atoms with E-state index in [1.807, 2.05) is 6.92 Å². The van der Waals surface area contributed by atoms with E-state index in [0.29, 0.717) is 10.8 Å². The summed E-state index contributed by atoms with van der Waals surface area (Å²) in [6, 6.07) is 2.42. The number of benzene rings is 1. The third-order valence-corrected chi connectivity index (χ3v) is 4.37. The van der Waals surface area contributed by atoms with Crippen molar-refractivity contribution in [2.45, 2.75) is 17.1 Å². The highest BCUT2D eigenvalue weighted by Gasteiger charge is 2.19. The highest BCUT2D eigenvalue weighted by Crippen LogP contribution is 2.34. The van der Waals surface area contributed by atoms with Crippen molar-refractivity contribution in [3.8, 4) is 0 Å². The van der Waals surface area contributed by atoms with Gasteiger partial charge in [-0.1, -0.05) is 6.92 Å². The fraction of sp³-hybridized carbons (Fsp3) is 0.333. The third kappa shape index (κ3) is 3.46. The van der Waals surface area contributed by atoms with Crippen molar-refractivity contribution in [2.24, 2.45) is 0 Å². The molecule has 1 rings (SSSR count). The summed E-state index contributed by atoms with van der Waals surface area (Å²) in [4.78, 5) is 10.6. The van der Waals surface area contributed by atoms with Gasteiger partial charge >= 0.3 is 0 Å². The molecule has 0 heterocycles. The monoisotopic (exact) mass is 375 g/mol. The minimum Gasteiger partial charge on any atom is -0.258 e. The van der Waals surface area contributed by atoms with E-state index in [4.69, 9.17) is 11.6 Å². The molecule has 7 heteroatoms. The predicted molar refractivity (Wildman–Crippen MR) is 71.8 cm³/mol. The van der Waals surface area contributed by atoms with Gasteiger partial charge in [0.15, 0.2) is 0 Å². The summed E-state index contributed by atoms with van der Waals surface area (Å²) in [6.07, 6.45) is 0. The first kappa shape index (κ1) is 14.0. The summed E-state index contributed by atoms with van der Waals surface area (Å²) in [5.41, 5.74) is -0.0761. The molecule has 0 saturated heterocycles. The first-order valence-corrected chi connectivity index (χ1v) is 6.81. The molecule has 0 radical (unpaired) electrons. The Morgan fingerprint density at radius 2 is 2.31 bits per heavy atom. The lowest BCUT2D eigenvalue weighted by Crippen LogP contribution is -2.00. The standard InChI is InChI=1S/C9H8ClFINO2S/c1-5(4-10)16-9-2-6(11)7(12)3-8(9)13(14)15/h2-3,5H,4H2,1H3. The fourth-order valence-corrected chi connectivity index (χ4v) is 2.57. The summed E-state index contributed by atoms with van der Waals surface area (Å²) in [6.45, 7) is 1.83. The van der Waals surface area contributed by atoms with Crippen LogP contribution in [0.4, 0.5) is 10.1 Å². The van der Waals surface area contributed by atoms with Crippen molar-refractivity contribution in [3.63, 3.8) is 0 Å². The van der Waals surface area contributed by atoms with Gasteiger partial charge in [0.1, 0.15) is 5.82 Å². The molecular formula is C9H8ClFINO2S. The van der Waals surface area contributed by atoms with Crippen LogP contribution in [-0.2, 0) is 0 Å². The number of nitro benzene ring substituents is 1. The van der Waals surface area contributed by atoms with Gasteiger partial charge in [-0.05, 0) is 28.7 Å². The number of thioether (sulfide) groups is 1. The van der Waals surface area contributed by atoms with E-state index in [9.17, 15) is 14.5 Å². The highest BCUT2D eigenvalue weighted by atomic mass is 127. The van der Waals surface area contributed by atoms with Crippen molar-refractivity contribution in [2.75, 3.05) is 5.88 Å². The number of hydrogen-bond donors (Lipinski definition) is 0. The predicted octanol–water partition coefficient (Wildman–Crippen LogP) is 4.06. The molecule has 0 aromatic heterocycles. The maximum absolute atomic E-state index is 13.3. The van der Waals surface area contributed by atoms with Crippen LogP contribution in [0.15, 0.2) is 17.0 Å². The molecule has 0 aliphatic carbocycles. The minimum absolute atomic E-state index is 0.000159. The number of nitro groups is 1. The highest BCUT2D eigenvalue weighted by molar-refractivity contribution is 14.1. The van der Waals surface area contributed by atoms with E-state index in [1.165, 1.54) is 23.9 Å². The van der Waals surface area contributed by atoms with E-state index >= 15 is 0 Å². The minimum atomic E-state index is -0.509. The van der Waals surface area contributed by atoms with Gasteiger partial charge in [-0.15, -0.1) is 23.4 Å². The zero-order valence-electron chi connectivity index (χ0n) is 8.25. The van der Waals surface area contributed by atoms with Gasteiger partial charge < -0.3 is 0 Å². The molecule has 3 nitrogen and oxygen atoms in total. The number of halogens is 3. The quantitative estimate of drug-likeness (QED) is 0.262. The van der Waals surface area contributed by atoms with Gasteiger partial charge in [0.25, 0.3) is 5.69 Å². The van der Waals surface area contributed by atoms with Crippen LogP contribution in [0.2, 0.25) is 0 Å². The lowest BCUT2D eigenvalue weighted by molar-refractivity contribution is -0.387. The Bertz CT molecular complexity index is 419. The number of nitrogens with zero attached hydrogens (tertiary/aromatic N) is 1. The van der Waals surface area contributed by atoms with Crippen LogP contribution in [0.5, 0.6) is 0 Å². The maximum Gasteiger partial charge on any atom is 0.284 e. The van der Waals surface area contributed by atoms with Crippen molar-refractivity contribution in [3.05, 3.63) is 31.6 Å². The van der Waals surface area contributed by atoms with E-state index in [2.05, 4.69) is 0 Å². The molecule has 1 aromatic rings.